The summed E-state index contributed by atoms with van der Waals surface area (Å²) < 4.78 is 0. The number of nitrogens with zero attached hydrogens (tertiary/aromatic N) is 1. The van der Waals surface area contributed by atoms with Gasteiger partial charge in [-0.1, -0.05) is 0 Å². The number of pyridine rings is 1. The van der Waals surface area contributed by atoms with E-state index >= 15 is 0 Å². The van der Waals surface area contributed by atoms with Gasteiger partial charge in [-0.2, -0.15) is 0 Å². The molecule has 1 amide bonds. The Kier molecular flexibility index (Phi) is 4.16. The molecule has 0 fully saturated rings. The first kappa shape index (κ1) is 13.5. The molecule has 0 saturated heterocycles. The lowest BCUT2D eigenvalue weighted by Crippen LogP contribution is -2.23. The lowest BCUT2D eigenvalue weighted by atomic mass is 10.2. The fourth-order valence-electron chi connectivity index (χ4n) is 1.79. The van der Waals surface area contributed by atoms with Gasteiger partial charge in [0.15, 0.2) is 0 Å². The number of amides is 1. The molecule has 2 aromatic rings. The number of hydrogen-bond acceptors (Lipinski definition) is 4. The summed E-state index contributed by atoms with van der Waals surface area (Å²) in [7, 11) is 1.76. The van der Waals surface area contributed by atoms with Crippen LogP contribution in [0.4, 0.5) is 5.82 Å². The lowest BCUT2D eigenvalue weighted by Gasteiger charge is -2.07. The highest BCUT2D eigenvalue weighted by Gasteiger charge is 2.11. The molecule has 0 saturated carbocycles. The number of anilines is 1. The third-order valence-electron chi connectivity index (χ3n) is 2.93. The van der Waals surface area contributed by atoms with Gasteiger partial charge in [0.25, 0.3) is 5.91 Å². The molecule has 5 heteroatoms. The van der Waals surface area contributed by atoms with Gasteiger partial charge in [0.1, 0.15) is 5.82 Å². The van der Waals surface area contributed by atoms with Crippen molar-refractivity contribution in [3.63, 3.8) is 0 Å². The minimum atomic E-state index is -0.110. The number of aromatic nitrogens is 1. The van der Waals surface area contributed by atoms with Gasteiger partial charge in [-0.05, 0) is 37.6 Å². The van der Waals surface area contributed by atoms with E-state index in [1.54, 1.807) is 36.7 Å². The molecule has 2 aromatic heterocycles. The largest absolute Gasteiger partial charge is 0.372 e. The molecule has 2 rings (SSSR count). The van der Waals surface area contributed by atoms with Crippen LogP contribution in [0.2, 0.25) is 0 Å². The van der Waals surface area contributed by atoms with Crippen molar-refractivity contribution in [1.82, 2.24) is 10.3 Å². The molecule has 4 nitrogen and oxygen atoms in total. The first-order chi connectivity index (χ1) is 9.11. The van der Waals surface area contributed by atoms with Crippen LogP contribution in [0.1, 0.15) is 25.7 Å². The van der Waals surface area contributed by atoms with Crippen molar-refractivity contribution in [3.8, 4) is 0 Å². The van der Waals surface area contributed by atoms with Crippen LogP contribution in [0.3, 0.4) is 0 Å². The van der Waals surface area contributed by atoms with Gasteiger partial charge in [-0.3, -0.25) is 4.79 Å². The second-order valence-electron chi connectivity index (χ2n) is 4.28. The van der Waals surface area contributed by atoms with Gasteiger partial charge in [0, 0.05) is 23.0 Å². The van der Waals surface area contributed by atoms with Crippen molar-refractivity contribution >= 4 is 23.1 Å². The molecule has 0 radical (unpaired) electrons. The highest BCUT2D eigenvalue weighted by molar-refractivity contribution is 7.12. The van der Waals surface area contributed by atoms with Crippen LogP contribution in [-0.2, 0) is 6.54 Å². The van der Waals surface area contributed by atoms with Crippen LogP contribution in [0.25, 0.3) is 0 Å². The molecule has 2 N–H and O–H groups in total. The number of thiophene rings is 1. The molecule has 0 aromatic carbocycles. The van der Waals surface area contributed by atoms with E-state index in [0.29, 0.717) is 17.9 Å². The molecule has 0 aliphatic heterocycles. The number of hydrogen-bond donors (Lipinski definition) is 2. The number of aryl methyl sites for hydroxylation is 2. The zero-order chi connectivity index (χ0) is 13.8. The fraction of sp³-hybridized carbons (Fsp3) is 0.286. The smallest absolute Gasteiger partial charge is 0.255 e. The molecule has 0 aliphatic carbocycles. The molecular formula is C14H17N3OS. The predicted octanol–water partition coefficient (Wildman–Crippen LogP) is 2.73. The second-order valence-corrected chi connectivity index (χ2v) is 5.63. The van der Waals surface area contributed by atoms with E-state index in [9.17, 15) is 4.79 Å². The third-order valence-corrected chi connectivity index (χ3v) is 4.08. The molecule has 0 atom stereocenters. The maximum absolute atomic E-state index is 12.1. The van der Waals surface area contributed by atoms with Gasteiger partial charge >= 0.3 is 0 Å². The minimum Gasteiger partial charge on any atom is -0.372 e. The number of carbonyl (C=O) groups excluding carboxylic acids is 1. The van der Waals surface area contributed by atoms with E-state index in [4.69, 9.17) is 0 Å². The molecule has 19 heavy (non-hydrogen) atoms. The van der Waals surface area contributed by atoms with Crippen LogP contribution < -0.4 is 10.6 Å². The Morgan fingerprint density at radius 2 is 2.21 bits per heavy atom. The number of nitrogens with one attached hydrogen (secondary N) is 2. The van der Waals surface area contributed by atoms with Crippen LogP contribution in [0.15, 0.2) is 24.4 Å². The Balaban J connectivity index is 2.05. The molecule has 0 bridgehead atoms. The van der Waals surface area contributed by atoms with Gasteiger partial charge < -0.3 is 10.6 Å². The molecule has 100 valence electrons. The van der Waals surface area contributed by atoms with E-state index in [2.05, 4.69) is 35.5 Å². The van der Waals surface area contributed by atoms with Crippen molar-refractivity contribution in [3.05, 3.63) is 45.3 Å². The molecular weight excluding hydrogens is 258 g/mol. The summed E-state index contributed by atoms with van der Waals surface area (Å²) in [5, 5.41) is 5.84. The highest BCUT2D eigenvalue weighted by Crippen LogP contribution is 2.20. The topological polar surface area (TPSA) is 54.0 Å². The van der Waals surface area contributed by atoms with Crippen LogP contribution in [0, 0.1) is 13.8 Å². The first-order valence-electron chi connectivity index (χ1n) is 6.08. The molecule has 2 heterocycles. The Morgan fingerprint density at radius 3 is 2.84 bits per heavy atom. The standard InChI is InChI=1S/C14H17N3OS/c1-9-7-11(19-10(9)2)8-17-14(18)12-5-4-6-16-13(12)15-3/h4-7H,8H2,1-3H3,(H,15,16)(H,17,18). The average molecular weight is 275 g/mol. The van der Waals surface area contributed by atoms with Crippen molar-refractivity contribution in [2.75, 3.05) is 12.4 Å². The van der Waals surface area contributed by atoms with E-state index < -0.39 is 0 Å². The number of rotatable bonds is 4. The van der Waals surface area contributed by atoms with Crippen molar-refractivity contribution < 1.29 is 4.79 Å². The van der Waals surface area contributed by atoms with Crippen molar-refractivity contribution in [2.24, 2.45) is 0 Å². The van der Waals surface area contributed by atoms with Gasteiger partial charge in [-0.25, -0.2) is 4.98 Å². The second kappa shape index (κ2) is 5.84. The van der Waals surface area contributed by atoms with Gasteiger partial charge in [-0.15, -0.1) is 11.3 Å². The maximum Gasteiger partial charge on any atom is 0.255 e. The summed E-state index contributed by atoms with van der Waals surface area (Å²) >= 11 is 1.72. The molecule has 0 unspecified atom stereocenters. The first-order valence-corrected chi connectivity index (χ1v) is 6.90. The molecule has 0 spiro atoms. The van der Waals surface area contributed by atoms with Crippen LogP contribution in [0.5, 0.6) is 0 Å². The van der Waals surface area contributed by atoms with E-state index in [1.165, 1.54) is 15.3 Å². The van der Waals surface area contributed by atoms with Crippen molar-refractivity contribution in [1.29, 1.82) is 0 Å². The zero-order valence-electron chi connectivity index (χ0n) is 11.3. The Bertz CT molecular complexity index is 573. The Labute approximate surface area is 116 Å². The third kappa shape index (κ3) is 3.12. The summed E-state index contributed by atoms with van der Waals surface area (Å²) in [6.45, 7) is 4.72. The summed E-state index contributed by atoms with van der Waals surface area (Å²) in [6, 6.07) is 5.64. The van der Waals surface area contributed by atoms with Gasteiger partial charge in [0.2, 0.25) is 0 Å². The predicted molar refractivity (Wildman–Crippen MR) is 78.7 cm³/mol. The number of carbonyl (C=O) groups is 1. The van der Waals surface area contributed by atoms with Crippen LogP contribution >= 0.6 is 11.3 Å². The van der Waals surface area contributed by atoms with E-state index in [-0.39, 0.29) is 5.91 Å². The lowest BCUT2D eigenvalue weighted by molar-refractivity contribution is 0.0952. The summed E-state index contributed by atoms with van der Waals surface area (Å²) in [5.41, 5.74) is 1.83. The van der Waals surface area contributed by atoms with E-state index in [0.717, 1.165) is 0 Å². The zero-order valence-corrected chi connectivity index (χ0v) is 12.1. The Morgan fingerprint density at radius 1 is 1.42 bits per heavy atom. The average Bonchev–Trinajstić information content (AvgIpc) is 2.75. The van der Waals surface area contributed by atoms with Crippen molar-refractivity contribution in [2.45, 2.75) is 20.4 Å². The molecule has 0 aliphatic rings. The fourth-order valence-corrected chi connectivity index (χ4v) is 2.78. The monoisotopic (exact) mass is 275 g/mol. The summed E-state index contributed by atoms with van der Waals surface area (Å²) in [5.74, 6) is 0.486. The maximum atomic E-state index is 12.1. The van der Waals surface area contributed by atoms with Gasteiger partial charge in [0.05, 0.1) is 12.1 Å². The highest BCUT2D eigenvalue weighted by atomic mass is 32.1. The SMILES string of the molecule is CNc1ncccc1C(=O)NCc1cc(C)c(C)s1. The van der Waals surface area contributed by atoms with Crippen LogP contribution in [-0.4, -0.2) is 17.9 Å². The normalized spacial score (nSPS) is 10.3. The van der Waals surface area contributed by atoms with E-state index in [1.807, 2.05) is 0 Å². The summed E-state index contributed by atoms with van der Waals surface area (Å²) in [4.78, 5) is 18.7. The Hall–Kier alpha value is -1.88. The summed E-state index contributed by atoms with van der Waals surface area (Å²) in [6.07, 6.45) is 1.66. The quantitative estimate of drug-likeness (QED) is 0.902. The minimum absolute atomic E-state index is 0.110.